The van der Waals surface area contributed by atoms with Crippen molar-refractivity contribution in [2.45, 2.75) is 0 Å². The highest BCUT2D eigenvalue weighted by molar-refractivity contribution is 5.65. The summed E-state index contributed by atoms with van der Waals surface area (Å²) in [6.45, 7) is 0. The first-order valence-electron chi connectivity index (χ1n) is 4.78. The molecular weight excluding hydrogens is 228 g/mol. The van der Waals surface area contributed by atoms with Crippen LogP contribution in [0.3, 0.4) is 0 Å². The van der Waals surface area contributed by atoms with Crippen LogP contribution >= 0.6 is 0 Å². The van der Waals surface area contributed by atoms with Gasteiger partial charge in [0, 0.05) is 11.6 Å². The Kier molecular flexibility index (Phi) is 2.82. The summed E-state index contributed by atoms with van der Waals surface area (Å²) in [6.07, 6.45) is 0. The first-order valence-corrected chi connectivity index (χ1v) is 4.78. The van der Waals surface area contributed by atoms with Gasteiger partial charge in [0.25, 0.3) is 5.69 Å². The van der Waals surface area contributed by atoms with Gasteiger partial charge >= 0.3 is 0 Å². The Morgan fingerprint density at radius 2 is 1.82 bits per heavy atom. The standard InChI is InChI=1S/C12H7F2NO2/c13-9-3-1-2-8(6-9)11-5-4-10(15(16)17)7-12(11)14/h1-7H. The van der Waals surface area contributed by atoms with E-state index < -0.39 is 16.6 Å². The van der Waals surface area contributed by atoms with Gasteiger partial charge in [-0.3, -0.25) is 10.1 Å². The molecule has 0 fully saturated rings. The van der Waals surface area contributed by atoms with Crippen LogP contribution in [0.4, 0.5) is 14.5 Å². The van der Waals surface area contributed by atoms with Gasteiger partial charge in [-0.15, -0.1) is 0 Å². The molecule has 5 heteroatoms. The molecule has 0 unspecified atom stereocenters. The second-order valence-electron chi connectivity index (χ2n) is 3.43. The SMILES string of the molecule is O=[N+]([O-])c1ccc(-c2cccc(F)c2)c(F)c1. The molecule has 2 rings (SSSR count). The summed E-state index contributed by atoms with van der Waals surface area (Å²) in [7, 11) is 0. The number of nitro benzene ring substituents is 1. The Morgan fingerprint density at radius 3 is 2.41 bits per heavy atom. The van der Waals surface area contributed by atoms with Crippen molar-refractivity contribution in [3.8, 4) is 11.1 Å². The minimum Gasteiger partial charge on any atom is -0.258 e. The van der Waals surface area contributed by atoms with Gasteiger partial charge in [0.1, 0.15) is 11.6 Å². The number of nitro groups is 1. The van der Waals surface area contributed by atoms with E-state index in [1.54, 1.807) is 0 Å². The van der Waals surface area contributed by atoms with E-state index in [1.807, 2.05) is 0 Å². The number of benzene rings is 2. The third-order valence-corrected chi connectivity index (χ3v) is 2.30. The summed E-state index contributed by atoms with van der Waals surface area (Å²) in [5.41, 5.74) is 0.148. The summed E-state index contributed by atoms with van der Waals surface area (Å²) in [6, 6.07) is 8.67. The van der Waals surface area contributed by atoms with E-state index in [1.165, 1.54) is 36.4 Å². The smallest absolute Gasteiger partial charge is 0.258 e. The Bertz CT molecular complexity index is 584. The summed E-state index contributed by atoms with van der Waals surface area (Å²) in [4.78, 5) is 9.75. The monoisotopic (exact) mass is 235 g/mol. The number of rotatable bonds is 2. The van der Waals surface area contributed by atoms with Crippen LogP contribution in [0.5, 0.6) is 0 Å². The largest absolute Gasteiger partial charge is 0.272 e. The number of hydrogen-bond acceptors (Lipinski definition) is 2. The zero-order valence-corrected chi connectivity index (χ0v) is 8.56. The molecule has 0 spiro atoms. The molecule has 0 heterocycles. The maximum absolute atomic E-state index is 13.6. The molecule has 86 valence electrons. The fourth-order valence-electron chi connectivity index (χ4n) is 1.51. The molecule has 2 aromatic carbocycles. The van der Waals surface area contributed by atoms with E-state index in [4.69, 9.17) is 0 Å². The number of halogens is 2. The maximum Gasteiger partial charge on any atom is 0.272 e. The highest BCUT2D eigenvalue weighted by atomic mass is 19.1. The average molecular weight is 235 g/mol. The Balaban J connectivity index is 2.50. The topological polar surface area (TPSA) is 43.1 Å². The van der Waals surface area contributed by atoms with Crippen molar-refractivity contribution in [3.05, 3.63) is 64.2 Å². The molecule has 0 saturated heterocycles. The normalized spacial score (nSPS) is 10.2. The van der Waals surface area contributed by atoms with Gasteiger partial charge in [-0.25, -0.2) is 8.78 Å². The Hall–Kier alpha value is -2.30. The van der Waals surface area contributed by atoms with E-state index in [2.05, 4.69) is 0 Å². The molecule has 0 aliphatic carbocycles. The summed E-state index contributed by atoms with van der Waals surface area (Å²) in [5, 5.41) is 10.4. The van der Waals surface area contributed by atoms with Gasteiger partial charge < -0.3 is 0 Å². The van der Waals surface area contributed by atoms with Crippen molar-refractivity contribution in [1.29, 1.82) is 0 Å². The Labute approximate surface area is 95.5 Å². The van der Waals surface area contributed by atoms with Gasteiger partial charge in [-0.1, -0.05) is 12.1 Å². The summed E-state index contributed by atoms with van der Waals surface area (Å²) in [5.74, 6) is -1.23. The van der Waals surface area contributed by atoms with Gasteiger partial charge in [0.05, 0.1) is 11.0 Å². The lowest BCUT2D eigenvalue weighted by Crippen LogP contribution is -1.91. The average Bonchev–Trinajstić information content (AvgIpc) is 2.28. The predicted octanol–water partition coefficient (Wildman–Crippen LogP) is 3.54. The van der Waals surface area contributed by atoms with Crippen molar-refractivity contribution in [1.82, 2.24) is 0 Å². The van der Waals surface area contributed by atoms with Crippen molar-refractivity contribution in [2.24, 2.45) is 0 Å². The summed E-state index contributed by atoms with van der Waals surface area (Å²) >= 11 is 0. The van der Waals surface area contributed by atoms with Crippen LogP contribution in [-0.2, 0) is 0 Å². The van der Waals surface area contributed by atoms with Gasteiger partial charge in [0.15, 0.2) is 0 Å². The van der Waals surface area contributed by atoms with E-state index in [0.717, 1.165) is 6.07 Å². The number of non-ortho nitro benzene ring substituents is 1. The van der Waals surface area contributed by atoms with E-state index >= 15 is 0 Å². The van der Waals surface area contributed by atoms with E-state index in [0.29, 0.717) is 5.56 Å². The molecule has 0 bridgehead atoms. The molecule has 17 heavy (non-hydrogen) atoms. The second-order valence-corrected chi connectivity index (χ2v) is 3.43. The molecule has 0 radical (unpaired) electrons. The second kappa shape index (κ2) is 4.29. The van der Waals surface area contributed by atoms with E-state index in [-0.39, 0.29) is 11.3 Å². The quantitative estimate of drug-likeness (QED) is 0.590. The molecule has 0 amide bonds. The third-order valence-electron chi connectivity index (χ3n) is 2.30. The van der Waals surface area contributed by atoms with Crippen LogP contribution in [-0.4, -0.2) is 4.92 Å². The van der Waals surface area contributed by atoms with Crippen LogP contribution in [0.25, 0.3) is 11.1 Å². The minimum atomic E-state index is -0.746. The third kappa shape index (κ3) is 2.28. The van der Waals surface area contributed by atoms with Crippen molar-refractivity contribution in [2.75, 3.05) is 0 Å². The van der Waals surface area contributed by atoms with Crippen LogP contribution in [0.2, 0.25) is 0 Å². The van der Waals surface area contributed by atoms with Crippen LogP contribution < -0.4 is 0 Å². The predicted molar refractivity (Wildman–Crippen MR) is 58.4 cm³/mol. The minimum absolute atomic E-state index is 0.134. The molecule has 0 N–H and O–H groups in total. The lowest BCUT2D eigenvalue weighted by Gasteiger charge is -2.03. The summed E-state index contributed by atoms with van der Waals surface area (Å²) < 4.78 is 26.6. The van der Waals surface area contributed by atoms with Crippen molar-refractivity contribution in [3.63, 3.8) is 0 Å². The molecule has 0 aliphatic rings. The van der Waals surface area contributed by atoms with Crippen LogP contribution in [0.15, 0.2) is 42.5 Å². The fraction of sp³-hybridized carbons (Fsp3) is 0. The number of nitrogens with zero attached hydrogens (tertiary/aromatic N) is 1. The number of hydrogen-bond donors (Lipinski definition) is 0. The first kappa shape index (κ1) is 11.2. The zero-order chi connectivity index (χ0) is 12.4. The maximum atomic E-state index is 13.6. The van der Waals surface area contributed by atoms with E-state index in [9.17, 15) is 18.9 Å². The molecule has 2 aromatic rings. The van der Waals surface area contributed by atoms with Crippen molar-refractivity contribution >= 4 is 5.69 Å². The van der Waals surface area contributed by atoms with Gasteiger partial charge in [0.2, 0.25) is 0 Å². The lowest BCUT2D eigenvalue weighted by atomic mass is 10.0. The highest BCUT2D eigenvalue weighted by Gasteiger charge is 2.12. The first-order chi connectivity index (χ1) is 8.08. The molecule has 0 atom stereocenters. The molecule has 0 aromatic heterocycles. The van der Waals surface area contributed by atoms with Crippen LogP contribution in [0.1, 0.15) is 0 Å². The lowest BCUT2D eigenvalue weighted by molar-refractivity contribution is -0.385. The van der Waals surface area contributed by atoms with Gasteiger partial charge in [-0.2, -0.15) is 0 Å². The van der Waals surface area contributed by atoms with Crippen LogP contribution in [0, 0.1) is 21.7 Å². The molecular formula is C12H7F2NO2. The fourth-order valence-corrected chi connectivity index (χ4v) is 1.51. The zero-order valence-electron chi connectivity index (χ0n) is 8.56. The molecule has 0 saturated carbocycles. The highest BCUT2D eigenvalue weighted by Crippen LogP contribution is 2.26. The molecule has 3 nitrogen and oxygen atoms in total. The Morgan fingerprint density at radius 1 is 1.06 bits per heavy atom. The molecule has 0 aliphatic heterocycles. The van der Waals surface area contributed by atoms with Crippen molar-refractivity contribution < 1.29 is 13.7 Å². The van der Waals surface area contributed by atoms with Gasteiger partial charge in [-0.05, 0) is 23.8 Å².